The molecule has 0 spiro atoms. The van der Waals surface area contributed by atoms with E-state index in [4.69, 9.17) is 11.6 Å². The summed E-state index contributed by atoms with van der Waals surface area (Å²) < 4.78 is 1.95. The van der Waals surface area contributed by atoms with E-state index >= 15 is 0 Å². The van der Waals surface area contributed by atoms with Gasteiger partial charge in [0.05, 0.1) is 6.10 Å². The van der Waals surface area contributed by atoms with E-state index in [0.717, 1.165) is 15.6 Å². The first-order valence-corrected chi connectivity index (χ1v) is 6.40. The molecule has 1 N–H and O–H groups in total. The van der Waals surface area contributed by atoms with Gasteiger partial charge in [-0.1, -0.05) is 29.4 Å². The van der Waals surface area contributed by atoms with Crippen molar-refractivity contribution in [3.8, 4) is 0 Å². The summed E-state index contributed by atoms with van der Waals surface area (Å²) in [5.74, 6) is 0. The molecule has 2 aromatic rings. The standard InChI is InChI=1S/C12H13ClN2OS/c1-8(16)10-4-3-9(7-11(10)13)17-12-14-5-6-15(12)2/h3-8,16H,1-2H3. The molecule has 1 aromatic carbocycles. The zero-order valence-electron chi connectivity index (χ0n) is 9.59. The highest BCUT2D eigenvalue weighted by atomic mass is 35.5. The molecule has 1 heterocycles. The van der Waals surface area contributed by atoms with Gasteiger partial charge < -0.3 is 9.67 Å². The Morgan fingerprint density at radius 2 is 2.24 bits per heavy atom. The smallest absolute Gasteiger partial charge is 0.172 e. The van der Waals surface area contributed by atoms with Crippen molar-refractivity contribution in [1.29, 1.82) is 0 Å². The predicted molar refractivity (Wildman–Crippen MR) is 69.4 cm³/mol. The lowest BCUT2D eigenvalue weighted by molar-refractivity contribution is 0.199. The number of imidazole rings is 1. The molecule has 1 atom stereocenters. The van der Waals surface area contributed by atoms with Crippen molar-refractivity contribution in [2.24, 2.45) is 7.05 Å². The molecule has 0 bridgehead atoms. The molecule has 3 nitrogen and oxygen atoms in total. The van der Waals surface area contributed by atoms with Crippen LogP contribution in [0.15, 0.2) is 40.6 Å². The van der Waals surface area contributed by atoms with Gasteiger partial charge in [-0.15, -0.1) is 0 Å². The maximum absolute atomic E-state index is 9.49. The van der Waals surface area contributed by atoms with Crippen LogP contribution in [0.1, 0.15) is 18.6 Å². The zero-order chi connectivity index (χ0) is 12.4. The molecule has 0 amide bonds. The monoisotopic (exact) mass is 268 g/mol. The number of aryl methyl sites for hydroxylation is 1. The van der Waals surface area contributed by atoms with Gasteiger partial charge in [-0.3, -0.25) is 0 Å². The molecule has 0 fully saturated rings. The summed E-state index contributed by atoms with van der Waals surface area (Å²) in [4.78, 5) is 5.24. The molecule has 0 aliphatic heterocycles. The molecule has 0 radical (unpaired) electrons. The third kappa shape index (κ3) is 2.83. The Morgan fingerprint density at radius 1 is 1.47 bits per heavy atom. The Bertz CT molecular complexity index is 525. The van der Waals surface area contributed by atoms with Crippen LogP contribution in [0.3, 0.4) is 0 Å². The van der Waals surface area contributed by atoms with Crippen molar-refractivity contribution in [3.05, 3.63) is 41.2 Å². The molecule has 17 heavy (non-hydrogen) atoms. The highest BCUT2D eigenvalue weighted by molar-refractivity contribution is 7.99. The second-order valence-electron chi connectivity index (χ2n) is 3.78. The lowest BCUT2D eigenvalue weighted by Crippen LogP contribution is -1.93. The van der Waals surface area contributed by atoms with Gasteiger partial charge in [0.1, 0.15) is 0 Å². The van der Waals surface area contributed by atoms with E-state index in [-0.39, 0.29) is 0 Å². The van der Waals surface area contributed by atoms with E-state index in [2.05, 4.69) is 4.98 Å². The van der Waals surface area contributed by atoms with Crippen molar-refractivity contribution in [3.63, 3.8) is 0 Å². The number of aromatic nitrogens is 2. The Hall–Kier alpha value is -0.970. The first-order chi connectivity index (χ1) is 8.08. The van der Waals surface area contributed by atoms with Crippen LogP contribution in [0.25, 0.3) is 0 Å². The number of hydrogen-bond donors (Lipinski definition) is 1. The lowest BCUT2D eigenvalue weighted by atomic mass is 10.1. The molecular formula is C12H13ClN2OS. The fourth-order valence-electron chi connectivity index (χ4n) is 1.47. The summed E-state index contributed by atoms with van der Waals surface area (Å²) in [5, 5.41) is 11.0. The van der Waals surface area contributed by atoms with E-state index in [0.29, 0.717) is 5.02 Å². The van der Waals surface area contributed by atoms with E-state index in [9.17, 15) is 5.11 Å². The first kappa shape index (κ1) is 12.5. The fraction of sp³-hybridized carbons (Fsp3) is 0.250. The van der Waals surface area contributed by atoms with Gasteiger partial charge in [-0.05, 0) is 24.6 Å². The Morgan fingerprint density at radius 3 is 2.76 bits per heavy atom. The van der Waals surface area contributed by atoms with E-state index < -0.39 is 6.10 Å². The number of hydrogen-bond acceptors (Lipinski definition) is 3. The van der Waals surface area contributed by atoms with Crippen LogP contribution >= 0.6 is 23.4 Å². The van der Waals surface area contributed by atoms with E-state index in [1.165, 1.54) is 0 Å². The summed E-state index contributed by atoms with van der Waals surface area (Å²) in [7, 11) is 1.95. The number of rotatable bonds is 3. The molecule has 0 saturated heterocycles. The van der Waals surface area contributed by atoms with Crippen LogP contribution in [0.2, 0.25) is 5.02 Å². The average Bonchev–Trinajstić information content (AvgIpc) is 2.64. The van der Waals surface area contributed by atoms with Gasteiger partial charge in [-0.2, -0.15) is 0 Å². The molecule has 1 aromatic heterocycles. The Labute approximate surface area is 109 Å². The van der Waals surface area contributed by atoms with Gasteiger partial charge in [0.25, 0.3) is 0 Å². The largest absolute Gasteiger partial charge is 0.389 e. The molecule has 0 aliphatic rings. The molecule has 5 heteroatoms. The molecule has 0 saturated carbocycles. The highest BCUT2D eigenvalue weighted by Crippen LogP contribution is 2.31. The van der Waals surface area contributed by atoms with Crippen molar-refractivity contribution in [2.75, 3.05) is 0 Å². The quantitative estimate of drug-likeness (QED) is 0.928. The second-order valence-corrected chi connectivity index (χ2v) is 5.23. The van der Waals surface area contributed by atoms with Gasteiger partial charge in [0.15, 0.2) is 5.16 Å². The average molecular weight is 269 g/mol. The van der Waals surface area contributed by atoms with Crippen LogP contribution in [0.4, 0.5) is 0 Å². The summed E-state index contributed by atoms with van der Waals surface area (Å²) in [5.41, 5.74) is 0.746. The summed E-state index contributed by atoms with van der Waals surface area (Å²) in [6.45, 7) is 1.70. The fourth-order valence-corrected chi connectivity index (χ4v) is 2.71. The van der Waals surface area contributed by atoms with Gasteiger partial charge in [0.2, 0.25) is 0 Å². The summed E-state index contributed by atoms with van der Waals surface area (Å²) >= 11 is 7.65. The van der Waals surface area contributed by atoms with Gasteiger partial charge in [0, 0.05) is 29.4 Å². The Balaban J connectivity index is 2.24. The topological polar surface area (TPSA) is 38.1 Å². The minimum Gasteiger partial charge on any atom is -0.389 e. The van der Waals surface area contributed by atoms with Crippen molar-refractivity contribution >= 4 is 23.4 Å². The minimum absolute atomic E-state index is 0.547. The number of halogens is 1. The zero-order valence-corrected chi connectivity index (χ0v) is 11.2. The summed E-state index contributed by atoms with van der Waals surface area (Å²) in [6, 6.07) is 5.63. The third-order valence-electron chi connectivity index (χ3n) is 2.41. The van der Waals surface area contributed by atoms with Gasteiger partial charge >= 0.3 is 0 Å². The van der Waals surface area contributed by atoms with Crippen LogP contribution in [0.5, 0.6) is 0 Å². The van der Waals surface area contributed by atoms with E-state index in [1.54, 1.807) is 24.9 Å². The lowest BCUT2D eigenvalue weighted by Gasteiger charge is -2.09. The van der Waals surface area contributed by atoms with E-state index in [1.807, 2.05) is 36.0 Å². The Kier molecular flexibility index (Phi) is 3.76. The van der Waals surface area contributed by atoms with Crippen molar-refractivity contribution in [2.45, 2.75) is 23.1 Å². The van der Waals surface area contributed by atoms with Gasteiger partial charge in [-0.25, -0.2) is 4.98 Å². The number of nitrogens with zero attached hydrogens (tertiary/aromatic N) is 2. The minimum atomic E-state index is -0.547. The number of benzene rings is 1. The summed E-state index contributed by atoms with van der Waals surface area (Å²) in [6.07, 6.45) is 3.11. The predicted octanol–water partition coefficient (Wildman–Crippen LogP) is 3.28. The number of aliphatic hydroxyl groups excluding tert-OH is 1. The van der Waals surface area contributed by atoms with Crippen molar-refractivity contribution < 1.29 is 5.11 Å². The highest BCUT2D eigenvalue weighted by Gasteiger charge is 2.09. The normalized spacial score (nSPS) is 12.7. The van der Waals surface area contributed by atoms with Crippen LogP contribution < -0.4 is 0 Å². The molecular weight excluding hydrogens is 256 g/mol. The maximum atomic E-state index is 9.49. The third-order valence-corrected chi connectivity index (χ3v) is 3.80. The maximum Gasteiger partial charge on any atom is 0.172 e. The first-order valence-electron chi connectivity index (χ1n) is 5.20. The SMILES string of the molecule is CC(O)c1ccc(Sc2nccn2C)cc1Cl. The number of aliphatic hydroxyl groups is 1. The second kappa shape index (κ2) is 5.12. The molecule has 1 unspecified atom stereocenters. The molecule has 0 aliphatic carbocycles. The van der Waals surface area contributed by atoms with Crippen molar-refractivity contribution in [1.82, 2.24) is 9.55 Å². The van der Waals surface area contributed by atoms with Crippen LogP contribution in [-0.2, 0) is 7.05 Å². The molecule has 2 rings (SSSR count). The molecule has 90 valence electrons. The van der Waals surface area contributed by atoms with Crippen LogP contribution in [-0.4, -0.2) is 14.7 Å². The van der Waals surface area contributed by atoms with Crippen LogP contribution in [0, 0.1) is 0 Å².